The van der Waals surface area contributed by atoms with Crippen LogP contribution in [0.2, 0.25) is 5.02 Å². The van der Waals surface area contributed by atoms with Gasteiger partial charge in [0.2, 0.25) is 0 Å². The third-order valence-corrected chi connectivity index (χ3v) is 3.28. The number of rotatable bonds is 3. The number of nitrogens with one attached hydrogen (secondary N) is 1. The van der Waals surface area contributed by atoms with Crippen LogP contribution in [-0.2, 0) is 12.7 Å². The Balaban J connectivity index is 2.15. The smallest absolute Gasteiger partial charge is 0.416 e. The van der Waals surface area contributed by atoms with Crippen LogP contribution >= 0.6 is 34.2 Å². The summed E-state index contributed by atoms with van der Waals surface area (Å²) >= 11 is 7.86. The van der Waals surface area contributed by atoms with Crippen molar-refractivity contribution in [3.8, 4) is 0 Å². The third kappa shape index (κ3) is 3.79. The first kappa shape index (κ1) is 14.5. The maximum absolute atomic E-state index is 12.6. The highest BCUT2D eigenvalue weighted by atomic mass is 127. The summed E-state index contributed by atoms with van der Waals surface area (Å²) in [5.74, 6) is 0.623. The van der Waals surface area contributed by atoms with Gasteiger partial charge in [0.05, 0.1) is 22.8 Å². The predicted molar refractivity (Wildman–Crippen MR) is 75.2 cm³/mol. The molecule has 2 rings (SSSR count). The largest absolute Gasteiger partial charge is 0.454 e. The van der Waals surface area contributed by atoms with Crippen LogP contribution in [0.1, 0.15) is 11.3 Å². The highest BCUT2D eigenvalue weighted by Crippen LogP contribution is 2.34. The summed E-state index contributed by atoms with van der Waals surface area (Å²) in [6.07, 6.45) is -4.39. The lowest BCUT2D eigenvalue weighted by atomic mass is 10.2. The Labute approximate surface area is 126 Å². The minimum absolute atomic E-state index is 0.225. The Morgan fingerprint density at radius 2 is 1.95 bits per heavy atom. The molecule has 0 saturated carbocycles. The minimum Gasteiger partial charge on any atom is -0.454 e. The normalized spacial score (nSPS) is 11.6. The zero-order chi connectivity index (χ0) is 14.0. The zero-order valence-electron chi connectivity index (χ0n) is 9.39. The van der Waals surface area contributed by atoms with E-state index in [4.69, 9.17) is 16.0 Å². The molecule has 0 aliphatic carbocycles. The topological polar surface area (TPSA) is 25.2 Å². The second kappa shape index (κ2) is 5.62. The number of hydrogen-bond donors (Lipinski definition) is 1. The molecule has 0 aliphatic rings. The van der Waals surface area contributed by atoms with E-state index in [2.05, 4.69) is 5.32 Å². The molecular formula is C12H8ClF3INO. The quantitative estimate of drug-likeness (QED) is 0.718. The van der Waals surface area contributed by atoms with Gasteiger partial charge in [-0.25, -0.2) is 0 Å². The Morgan fingerprint density at radius 1 is 1.21 bits per heavy atom. The molecule has 1 aromatic heterocycles. The molecule has 0 fully saturated rings. The summed E-state index contributed by atoms with van der Waals surface area (Å²) in [4.78, 5) is 0. The number of anilines is 1. The van der Waals surface area contributed by atoms with Crippen molar-refractivity contribution < 1.29 is 17.6 Å². The molecule has 0 aliphatic heterocycles. The van der Waals surface area contributed by atoms with E-state index in [0.29, 0.717) is 9.53 Å². The second-order valence-electron chi connectivity index (χ2n) is 3.75. The van der Waals surface area contributed by atoms with E-state index >= 15 is 0 Å². The fourth-order valence-electron chi connectivity index (χ4n) is 1.47. The number of benzene rings is 1. The number of hydrogen-bond acceptors (Lipinski definition) is 2. The first-order valence-corrected chi connectivity index (χ1v) is 6.67. The lowest BCUT2D eigenvalue weighted by Crippen LogP contribution is -2.06. The van der Waals surface area contributed by atoms with E-state index in [1.807, 2.05) is 22.6 Å². The Hall–Kier alpha value is -0.890. The molecule has 0 saturated heterocycles. The standard InChI is InChI=1S/C12H8ClF3INO/c13-9-3-1-7(12(14,15)16)5-10(9)18-6-8-2-4-11(17)19-8/h1-5,18H,6H2. The average Bonchev–Trinajstić information content (AvgIpc) is 2.72. The van der Waals surface area contributed by atoms with Gasteiger partial charge in [0.1, 0.15) is 5.76 Å². The molecule has 0 bridgehead atoms. The highest BCUT2D eigenvalue weighted by Gasteiger charge is 2.30. The molecule has 19 heavy (non-hydrogen) atoms. The number of furan rings is 1. The fourth-order valence-corrected chi connectivity index (χ4v) is 2.11. The van der Waals surface area contributed by atoms with Crippen LogP contribution in [0.5, 0.6) is 0 Å². The Morgan fingerprint density at radius 3 is 2.53 bits per heavy atom. The first-order valence-electron chi connectivity index (χ1n) is 5.21. The molecule has 0 atom stereocenters. The van der Waals surface area contributed by atoms with Crippen LogP contribution in [0.15, 0.2) is 34.7 Å². The summed E-state index contributed by atoms with van der Waals surface area (Å²) in [6.45, 7) is 0.268. The van der Waals surface area contributed by atoms with Gasteiger partial charge in [-0.2, -0.15) is 13.2 Å². The van der Waals surface area contributed by atoms with Gasteiger partial charge in [0, 0.05) is 0 Å². The van der Waals surface area contributed by atoms with Gasteiger partial charge in [-0.15, -0.1) is 0 Å². The maximum atomic E-state index is 12.6. The molecule has 0 radical (unpaired) electrons. The van der Waals surface area contributed by atoms with Gasteiger partial charge in [-0.05, 0) is 52.9 Å². The van der Waals surface area contributed by atoms with Crippen molar-refractivity contribution >= 4 is 39.9 Å². The molecule has 2 nitrogen and oxygen atoms in total. The summed E-state index contributed by atoms with van der Waals surface area (Å²) in [7, 11) is 0. The third-order valence-electron chi connectivity index (χ3n) is 2.38. The van der Waals surface area contributed by atoms with Crippen LogP contribution in [0.25, 0.3) is 0 Å². The van der Waals surface area contributed by atoms with Crippen molar-refractivity contribution in [1.29, 1.82) is 0 Å². The van der Waals surface area contributed by atoms with Gasteiger partial charge in [-0.3, -0.25) is 0 Å². The summed E-state index contributed by atoms with van der Waals surface area (Å²) in [5, 5.41) is 3.06. The van der Waals surface area contributed by atoms with Crippen LogP contribution in [0, 0.1) is 3.77 Å². The van der Waals surface area contributed by atoms with Crippen LogP contribution in [-0.4, -0.2) is 0 Å². The van der Waals surface area contributed by atoms with E-state index in [0.717, 1.165) is 12.1 Å². The second-order valence-corrected chi connectivity index (χ2v) is 5.22. The molecular weight excluding hydrogens is 393 g/mol. The zero-order valence-corrected chi connectivity index (χ0v) is 12.3. The first-order chi connectivity index (χ1) is 8.86. The molecule has 0 amide bonds. The van der Waals surface area contributed by atoms with Crippen molar-refractivity contribution in [3.05, 3.63) is 50.4 Å². The molecule has 102 valence electrons. The summed E-state index contributed by atoms with van der Waals surface area (Å²) in [6, 6.07) is 6.67. The van der Waals surface area contributed by atoms with E-state index in [9.17, 15) is 13.2 Å². The van der Waals surface area contributed by atoms with E-state index < -0.39 is 11.7 Å². The van der Waals surface area contributed by atoms with Crippen molar-refractivity contribution in [1.82, 2.24) is 0 Å². The van der Waals surface area contributed by atoms with Gasteiger partial charge in [0.25, 0.3) is 0 Å². The monoisotopic (exact) mass is 401 g/mol. The molecule has 2 aromatic rings. The molecule has 0 spiro atoms. The van der Waals surface area contributed by atoms with Crippen molar-refractivity contribution in [2.45, 2.75) is 12.7 Å². The Kier molecular flexibility index (Phi) is 4.29. The molecule has 1 N–H and O–H groups in total. The van der Waals surface area contributed by atoms with Crippen molar-refractivity contribution in [2.24, 2.45) is 0 Å². The van der Waals surface area contributed by atoms with E-state index in [1.165, 1.54) is 6.07 Å². The molecule has 1 aromatic carbocycles. The highest BCUT2D eigenvalue weighted by molar-refractivity contribution is 14.1. The minimum atomic E-state index is -4.39. The molecule has 7 heteroatoms. The van der Waals surface area contributed by atoms with Crippen molar-refractivity contribution in [2.75, 3.05) is 5.32 Å². The van der Waals surface area contributed by atoms with Gasteiger partial charge in [0.15, 0.2) is 3.77 Å². The SMILES string of the molecule is FC(F)(F)c1ccc(Cl)c(NCc2ccc(I)o2)c1. The molecule has 1 heterocycles. The maximum Gasteiger partial charge on any atom is 0.416 e. The lowest BCUT2D eigenvalue weighted by Gasteiger charge is -2.11. The molecule has 0 unspecified atom stereocenters. The number of alkyl halides is 3. The van der Waals surface area contributed by atoms with Gasteiger partial charge >= 0.3 is 6.18 Å². The van der Waals surface area contributed by atoms with Crippen molar-refractivity contribution in [3.63, 3.8) is 0 Å². The van der Waals surface area contributed by atoms with E-state index in [-0.39, 0.29) is 17.3 Å². The van der Waals surface area contributed by atoms with E-state index in [1.54, 1.807) is 12.1 Å². The van der Waals surface area contributed by atoms with Gasteiger partial charge < -0.3 is 9.73 Å². The predicted octanol–water partition coefficient (Wildman–Crippen LogP) is 5.17. The summed E-state index contributed by atoms with van der Waals surface area (Å²) < 4.78 is 43.7. The summed E-state index contributed by atoms with van der Waals surface area (Å²) in [5.41, 5.74) is -0.517. The van der Waals surface area contributed by atoms with Crippen LogP contribution < -0.4 is 5.32 Å². The average molecular weight is 402 g/mol. The van der Waals surface area contributed by atoms with Gasteiger partial charge in [-0.1, -0.05) is 11.6 Å². The lowest BCUT2D eigenvalue weighted by molar-refractivity contribution is -0.137. The fraction of sp³-hybridized carbons (Fsp3) is 0.167. The Bertz CT molecular complexity index is 583. The van der Waals surface area contributed by atoms with Crippen LogP contribution in [0.4, 0.5) is 18.9 Å². The number of halogens is 5. The van der Waals surface area contributed by atoms with Crippen LogP contribution in [0.3, 0.4) is 0 Å².